The number of benzene rings is 3. The smallest absolute Gasteiger partial charge is 0.379 e. The summed E-state index contributed by atoms with van der Waals surface area (Å²) in [6.45, 7) is -0.347. The Balaban J connectivity index is 1.50. The minimum atomic E-state index is -1.10. The molecule has 1 atom stereocenters. The molecular weight excluding hydrogens is 464 g/mol. The molecule has 0 radical (unpaired) electrons. The summed E-state index contributed by atoms with van der Waals surface area (Å²) in [5.41, 5.74) is 0.860. The van der Waals surface area contributed by atoms with E-state index in [1.807, 2.05) is 0 Å². The van der Waals surface area contributed by atoms with Crippen molar-refractivity contribution in [2.75, 3.05) is 6.61 Å². The molecule has 8 nitrogen and oxygen atoms in total. The van der Waals surface area contributed by atoms with Crippen molar-refractivity contribution in [3.63, 3.8) is 0 Å². The van der Waals surface area contributed by atoms with Crippen molar-refractivity contribution in [2.45, 2.75) is 6.10 Å². The second-order valence-electron chi connectivity index (χ2n) is 7.50. The van der Waals surface area contributed by atoms with Crippen LogP contribution in [0.15, 0.2) is 115 Å². The van der Waals surface area contributed by atoms with Crippen LogP contribution in [0.25, 0.3) is 0 Å². The first-order valence-electron chi connectivity index (χ1n) is 10.9. The van der Waals surface area contributed by atoms with Gasteiger partial charge in [0.25, 0.3) is 0 Å². The average Bonchev–Trinajstić information content (AvgIpc) is 3.26. The highest BCUT2D eigenvalue weighted by Gasteiger charge is 2.28. The lowest BCUT2D eigenvalue weighted by atomic mass is 10.2. The Morgan fingerprint density at radius 3 is 1.78 bits per heavy atom. The summed E-state index contributed by atoms with van der Waals surface area (Å²) < 4.78 is 21.1. The summed E-state index contributed by atoms with van der Waals surface area (Å²) in [5, 5.41) is 0. The number of rotatable bonds is 8. The first-order chi connectivity index (χ1) is 17.5. The molecule has 0 saturated carbocycles. The summed E-state index contributed by atoms with van der Waals surface area (Å²) in [6, 6.07) is 24.7. The van der Waals surface area contributed by atoms with Crippen LogP contribution < -0.4 is 0 Å². The molecular formula is C28H20O8. The maximum Gasteiger partial charge on any atom is 0.379 e. The first-order valence-corrected chi connectivity index (χ1v) is 10.9. The molecule has 0 fully saturated rings. The molecule has 0 unspecified atom stereocenters. The zero-order chi connectivity index (χ0) is 25.3. The maximum absolute atomic E-state index is 12.6. The van der Waals surface area contributed by atoms with Crippen molar-refractivity contribution in [1.29, 1.82) is 0 Å². The molecule has 0 saturated heterocycles. The van der Waals surface area contributed by atoms with E-state index in [0.717, 1.165) is 0 Å². The van der Waals surface area contributed by atoms with E-state index in [2.05, 4.69) is 0 Å². The van der Waals surface area contributed by atoms with Gasteiger partial charge in [-0.3, -0.25) is 0 Å². The van der Waals surface area contributed by atoms with Gasteiger partial charge in [-0.1, -0.05) is 54.6 Å². The van der Waals surface area contributed by atoms with Gasteiger partial charge in [0.1, 0.15) is 12.4 Å². The molecule has 36 heavy (non-hydrogen) atoms. The lowest BCUT2D eigenvalue weighted by molar-refractivity contribution is -0.136. The largest absolute Gasteiger partial charge is 0.458 e. The molecule has 180 valence electrons. The zero-order valence-electron chi connectivity index (χ0n) is 18.9. The minimum Gasteiger partial charge on any atom is -0.458 e. The van der Waals surface area contributed by atoms with Gasteiger partial charge in [-0.05, 0) is 36.4 Å². The number of hydrogen-bond acceptors (Lipinski definition) is 8. The fourth-order valence-corrected chi connectivity index (χ4v) is 3.16. The molecule has 0 aliphatic carbocycles. The van der Waals surface area contributed by atoms with Crippen LogP contribution in [0.2, 0.25) is 0 Å². The molecule has 0 bridgehead atoms. The van der Waals surface area contributed by atoms with Gasteiger partial charge in [-0.25, -0.2) is 19.2 Å². The molecule has 1 aliphatic heterocycles. The molecule has 8 heteroatoms. The number of esters is 4. The summed E-state index contributed by atoms with van der Waals surface area (Å²) >= 11 is 0. The van der Waals surface area contributed by atoms with E-state index in [1.165, 1.54) is 12.2 Å². The fraction of sp³-hybridized carbons (Fsp3) is 0.0714. The van der Waals surface area contributed by atoms with Crippen LogP contribution >= 0.6 is 0 Å². The molecule has 0 amide bonds. The van der Waals surface area contributed by atoms with Crippen LogP contribution in [-0.2, 0) is 23.7 Å². The Kier molecular flexibility index (Phi) is 7.67. The van der Waals surface area contributed by atoms with Crippen LogP contribution in [0, 0.1) is 0 Å². The number of cyclic esters (lactones) is 1. The Bertz CT molecular complexity index is 1310. The third-order valence-corrected chi connectivity index (χ3v) is 4.90. The van der Waals surface area contributed by atoms with Gasteiger partial charge in [0, 0.05) is 12.2 Å². The summed E-state index contributed by atoms with van der Waals surface area (Å²) in [5.74, 6) is -3.27. The predicted octanol–water partition coefficient (Wildman–Crippen LogP) is 4.25. The molecule has 0 spiro atoms. The zero-order valence-corrected chi connectivity index (χ0v) is 18.9. The highest BCUT2D eigenvalue weighted by Crippen LogP contribution is 2.21. The summed E-state index contributed by atoms with van der Waals surface area (Å²) in [4.78, 5) is 49.5. The van der Waals surface area contributed by atoms with Gasteiger partial charge in [0.2, 0.25) is 5.76 Å². The van der Waals surface area contributed by atoms with E-state index in [0.29, 0.717) is 5.56 Å². The number of carbonyl (C=O) groups excluding carboxylic acids is 4. The number of hydrogen-bond donors (Lipinski definition) is 0. The van der Waals surface area contributed by atoms with E-state index in [9.17, 15) is 19.2 Å². The van der Waals surface area contributed by atoms with Gasteiger partial charge >= 0.3 is 23.9 Å². The standard InChI is InChI=1S/C28H20O8/c29-25(19-10-4-1-5-11-19)33-18-23(35-26(30)20-12-6-2-7-13-20)16-22-17-24(28(32)34-22)36-27(31)21-14-8-3-9-15-21/h1-17,23H,18H2/b22-16+/t23-/m0/s1. The molecule has 0 N–H and O–H groups in total. The third-order valence-electron chi connectivity index (χ3n) is 4.90. The minimum absolute atomic E-state index is 0.0301. The normalized spacial score (nSPS) is 14.4. The third kappa shape index (κ3) is 6.32. The Hall–Kier alpha value is -4.98. The average molecular weight is 484 g/mol. The summed E-state index contributed by atoms with van der Waals surface area (Å²) in [6.07, 6.45) is 1.39. The Morgan fingerprint density at radius 1 is 0.722 bits per heavy atom. The fourth-order valence-electron chi connectivity index (χ4n) is 3.16. The van der Waals surface area contributed by atoms with Crippen molar-refractivity contribution in [3.05, 3.63) is 131 Å². The maximum atomic E-state index is 12.6. The van der Waals surface area contributed by atoms with Gasteiger partial charge < -0.3 is 18.9 Å². The second kappa shape index (κ2) is 11.4. The van der Waals surface area contributed by atoms with Crippen molar-refractivity contribution >= 4 is 23.9 Å². The lowest BCUT2D eigenvalue weighted by Crippen LogP contribution is -2.24. The number of allylic oxidation sites excluding steroid dienone is 1. The van der Waals surface area contributed by atoms with Gasteiger partial charge in [-0.15, -0.1) is 0 Å². The highest BCUT2D eigenvalue weighted by molar-refractivity contribution is 5.97. The van der Waals surface area contributed by atoms with E-state index >= 15 is 0 Å². The Morgan fingerprint density at radius 2 is 1.22 bits per heavy atom. The highest BCUT2D eigenvalue weighted by atomic mass is 16.6. The van der Waals surface area contributed by atoms with Gasteiger partial charge in [0.15, 0.2) is 6.10 Å². The number of ether oxygens (including phenoxy) is 4. The van der Waals surface area contributed by atoms with Crippen LogP contribution in [0.4, 0.5) is 0 Å². The van der Waals surface area contributed by atoms with Crippen molar-refractivity contribution in [1.82, 2.24) is 0 Å². The van der Waals surface area contributed by atoms with Crippen molar-refractivity contribution in [2.24, 2.45) is 0 Å². The molecule has 1 aliphatic rings. The quantitative estimate of drug-likeness (QED) is 0.345. The SMILES string of the molecule is O=C1O/C(=C/[C@@H](COC(=O)c2ccccc2)OC(=O)c2ccccc2)C=C1OC(=O)c1ccccc1. The monoisotopic (exact) mass is 484 g/mol. The molecule has 3 aromatic carbocycles. The van der Waals surface area contributed by atoms with E-state index in [-0.39, 0.29) is 29.3 Å². The molecule has 4 rings (SSSR count). The van der Waals surface area contributed by atoms with E-state index in [1.54, 1.807) is 91.0 Å². The molecule has 1 heterocycles. The van der Waals surface area contributed by atoms with Gasteiger partial charge in [0.05, 0.1) is 16.7 Å². The lowest BCUT2D eigenvalue weighted by Gasteiger charge is -2.15. The Labute approximate surface area is 206 Å². The van der Waals surface area contributed by atoms with Crippen molar-refractivity contribution < 1.29 is 38.1 Å². The van der Waals surface area contributed by atoms with Gasteiger partial charge in [-0.2, -0.15) is 0 Å². The topological polar surface area (TPSA) is 105 Å². The van der Waals surface area contributed by atoms with Crippen LogP contribution in [0.5, 0.6) is 0 Å². The molecule has 3 aromatic rings. The molecule has 0 aromatic heterocycles. The van der Waals surface area contributed by atoms with Crippen LogP contribution in [0.1, 0.15) is 31.1 Å². The van der Waals surface area contributed by atoms with E-state index < -0.39 is 30.0 Å². The van der Waals surface area contributed by atoms with E-state index in [4.69, 9.17) is 18.9 Å². The van der Waals surface area contributed by atoms with Crippen LogP contribution in [-0.4, -0.2) is 36.6 Å². The predicted molar refractivity (Wildman–Crippen MR) is 126 cm³/mol. The van der Waals surface area contributed by atoms with Crippen LogP contribution in [0.3, 0.4) is 0 Å². The summed E-state index contributed by atoms with van der Waals surface area (Å²) in [7, 11) is 0. The second-order valence-corrected chi connectivity index (χ2v) is 7.50. The first kappa shape index (κ1) is 24.2. The van der Waals surface area contributed by atoms with Crippen molar-refractivity contribution in [3.8, 4) is 0 Å². The number of carbonyl (C=O) groups is 4.